The van der Waals surface area contributed by atoms with Crippen LogP contribution in [-0.2, 0) is 10.8 Å². The maximum atomic E-state index is 12.1. The van der Waals surface area contributed by atoms with Crippen LogP contribution in [-0.4, -0.2) is 15.5 Å². The third kappa shape index (κ3) is 3.20. The van der Waals surface area contributed by atoms with Gasteiger partial charge in [0.2, 0.25) is 0 Å². The van der Waals surface area contributed by atoms with E-state index in [-0.39, 0.29) is 11.3 Å². The summed E-state index contributed by atoms with van der Waals surface area (Å²) in [5.74, 6) is 0. The Bertz CT molecular complexity index is 398. The largest absolute Gasteiger partial charge is 0.327 e. The van der Waals surface area contributed by atoms with Crippen molar-refractivity contribution in [1.29, 1.82) is 0 Å². The summed E-state index contributed by atoms with van der Waals surface area (Å²) in [6.07, 6.45) is 0.800. The van der Waals surface area contributed by atoms with Gasteiger partial charge in [-0.3, -0.25) is 4.21 Å². The lowest BCUT2D eigenvalue weighted by molar-refractivity contribution is 0.610. The summed E-state index contributed by atoms with van der Waals surface area (Å²) in [5.41, 5.74) is 5.87. The summed E-state index contributed by atoms with van der Waals surface area (Å²) in [4.78, 5) is 0.672. The van der Waals surface area contributed by atoms with E-state index in [1.807, 2.05) is 13.8 Å². The summed E-state index contributed by atoms with van der Waals surface area (Å²) in [5, 5.41) is 0.793. The van der Waals surface area contributed by atoms with E-state index in [2.05, 4.69) is 0 Å². The molecule has 0 aliphatic carbocycles. The molecule has 0 saturated heterocycles. The van der Waals surface area contributed by atoms with E-state index in [9.17, 15) is 4.21 Å². The van der Waals surface area contributed by atoms with Crippen molar-refractivity contribution < 1.29 is 4.21 Å². The fourth-order valence-corrected chi connectivity index (χ4v) is 3.05. The van der Waals surface area contributed by atoms with Crippen LogP contribution >= 0.6 is 23.2 Å². The van der Waals surface area contributed by atoms with E-state index in [0.717, 1.165) is 6.42 Å². The minimum Gasteiger partial charge on any atom is -0.327 e. The summed E-state index contributed by atoms with van der Waals surface area (Å²) in [7, 11) is -1.14. The molecule has 2 nitrogen and oxygen atoms in total. The molecule has 16 heavy (non-hydrogen) atoms. The van der Waals surface area contributed by atoms with Crippen LogP contribution in [0.15, 0.2) is 23.1 Å². The van der Waals surface area contributed by atoms with Crippen LogP contribution in [0.1, 0.15) is 20.3 Å². The molecule has 0 amide bonds. The topological polar surface area (TPSA) is 43.1 Å². The van der Waals surface area contributed by atoms with E-state index in [4.69, 9.17) is 28.9 Å². The lowest BCUT2D eigenvalue weighted by atomic mass is 10.2. The van der Waals surface area contributed by atoms with E-state index in [0.29, 0.717) is 14.9 Å². The molecule has 1 aromatic carbocycles. The molecule has 2 N–H and O–H groups in total. The molecule has 3 atom stereocenters. The summed E-state index contributed by atoms with van der Waals surface area (Å²) < 4.78 is 12.1. The second-order valence-corrected chi connectivity index (χ2v) is 6.27. The zero-order valence-corrected chi connectivity index (χ0v) is 11.6. The van der Waals surface area contributed by atoms with Gasteiger partial charge in [0.05, 0.1) is 26.1 Å². The molecule has 1 rings (SSSR count). The van der Waals surface area contributed by atoms with Crippen molar-refractivity contribution in [3.63, 3.8) is 0 Å². The van der Waals surface area contributed by atoms with Gasteiger partial charge >= 0.3 is 0 Å². The van der Waals surface area contributed by atoms with Crippen molar-refractivity contribution in [2.45, 2.75) is 36.5 Å². The van der Waals surface area contributed by atoms with Crippen LogP contribution in [0.4, 0.5) is 0 Å². The van der Waals surface area contributed by atoms with Crippen LogP contribution in [0.2, 0.25) is 10.0 Å². The van der Waals surface area contributed by atoms with Gasteiger partial charge in [-0.2, -0.15) is 0 Å². The Kier molecular flexibility index (Phi) is 5.25. The highest BCUT2D eigenvalue weighted by molar-refractivity contribution is 7.85. The van der Waals surface area contributed by atoms with Gasteiger partial charge in [-0.1, -0.05) is 30.1 Å². The predicted molar refractivity (Wildman–Crippen MR) is 70.6 cm³/mol. The van der Waals surface area contributed by atoms with Crippen LogP contribution in [0.5, 0.6) is 0 Å². The first-order valence-electron chi connectivity index (χ1n) is 5.08. The zero-order valence-electron chi connectivity index (χ0n) is 9.24. The zero-order chi connectivity index (χ0) is 12.3. The highest BCUT2D eigenvalue weighted by atomic mass is 35.5. The van der Waals surface area contributed by atoms with Crippen LogP contribution in [0.25, 0.3) is 0 Å². The first-order chi connectivity index (χ1) is 7.47. The van der Waals surface area contributed by atoms with Gasteiger partial charge in [-0.05, 0) is 31.5 Å². The number of rotatable bonds is 4. The molecule has 0 spiro atoms. The minimum absolute atomic E-state index is 0.0738. The Balaban J connectivity index is 2.92. The fourth-order valence-electron chi connectivity index (χ4n) is 1.31. The first-order valence-corrected chi connectivity index (χ1v) is 7.05. The Labute approximate surface area is 109 Å². The maximum Gasteiger partial charge on any atom is 0.0604 e. The van der Waals surface area contributed by atoms with Crippen LogP contribution in [0.3, 0.4) is 0 Å². The van der Waals surface area contributed by atoms with Gasteiger partial charge in [-0.15, -0.1) is 0 Å². The van der Waals surface area contributed by atoms with Crippen molar-refractivity contribution >= 4 is 34.0 Å². The van der Waals surface area contributed by atoms with Gasteiger partial charge in [0.25, 0.3) is 0 Å². The number of hydrogen-bond acceptors (Lipinski definition) is 2. The standard InChI is InChI=1S/C11H15Cl2NOS/c1-3-11(14)7(2)16(15)8-4-5-9(12)10(13)6-8/h4-7,11H,3,14H2,1-2H3. The lowest BCUT2D eigenvalue weighted by Gasteiger charge is -2.17. The summed E-state index contributed by atoms with van der Waals surface area (Å²) >= 11 is 11.7. The van der Waals surface area contributed by atoms with E-state index >= 15 is 0 Å². The molecule has 90 valence electrons. The summed E-state index contributed by atoms with van der Waals surface area (Å²) in [6, 6.07) is 4.94. The molecular weight excluding hydrogens is 265 g/mol. The Hall–Kier alpha value is -0.0900. The predicted octanol–water partition coefficient (Wildman–Crippen LogP) is 3.23. The molecule has 0 aliphatic heterocycles. The van der Waals surface area contributed by atoms with E-state index in [1.165, 1.54) is 0 Å². The SMILES string of the molecule is CCC(N)C(C)S(=O)c1ccc(Cl)c(Cl)c1. The molecule has 0 aliphatic rings. The van der Waals surface area contributed by atoms with Gasteiger partial charge in [0.15, 0.2) is 0 Å². The highest BCUT2D eigenvalue weighted by Crippen LogP contribution is 2.25. The third-order valence-corrected chi connectivity index (χ3v) is 5.02. The molecular formula is C11H15Cl2NOS. The van der Waals surface area contributed by atoms with Crippen LogP contribution < -0.4 is 5.73 Å². The average molecular weight is 280 g/mol. The van der Waals surface area contributed by atoms with Gasteiger partial charge in [-0.25, -0.2) is 0 Å². The number of halogens is 2. The van der Waals surface area contributed by atoms with Crippen molar-refractivity contribution in [2.75, 3.05) is 0 Å². The fraction of sp³-hybridized carbons (Fsp3) is 0.455. The number of nitrogens with two attached hydrogens (primary N) is 1. The monoisotopic (exact) mass is 279 g/mol. The molecule has 0 aromatic heterocycles. The first kappa shape index (κ1) is 14.0. The molecule has 1 aromatic rings. The lowest BCUT2D eigenvalue weighted by Crippen LogP contribution is -2.34. The Morgan fingerprint density at radius 3 is 2.50 bits per heavy atom. The van der Waals surface area contributed by atoms with E-state index in [1.54, 1.807) is 18.2 Å². The van der Waals surface area contributed by atoms with E-state index < -0.39 is 10.8 Å². The smallest absolute Gasteiger partial charge is 0.0604 e. The van der Waals surface area contributed by atoms with Crippen molar-refractivity contribution in [3.05, 3.63) is 28.2 Å². The molecule has 0 fully saturated rings. The molecule has 0 heterocycles. The van der Waals surface area contributed by atoms with Crippen molar-refractivity contribution in [2.24, 2.45) is 5.73 Å². The Morgan fingerprint density at radius 1 is 1.38 bits per heavy atom. The molecule has 0 radical (unpaired) electrons. The van der Waals surface area contributed by atoms with Crippen LogP contribution in [0, 0.1) is 0 Å². The molecule has 3 unspecified atom stereocenters. The van der Waals surface area contributed by atoms with Gasteiger partial charge < -0.3 is 5.73 Å². The molecule has 5 heteroatoms. The number of benzene rings is 1. The second-order valence-electron chi connectivity index (χ2n) is 3.65. The number of hydrogen-bond donors (Lipinski definition) is 1. The normalized spacial score (nSPS) is 16.8. The van der Waals surface area contributed by atoms with Gasteiger partial charge in [0.1, 0.15) is 0 Å². The minimum atomic E-state index is -1.14. The van der Waals surface area contributed by atoms with Crippen molar-refractivity contribution in [3.8, 4) is 0 Å². The highest BCUT2D eigenvalue weighted by Gasteiger charge is 2.19. The summed E-state index contributed by atoms with van der Waals surface area (Å²) in [6.45, 7) is 3.86. The second kappa shape index (κ2) is 6.01. The molecule has 0 saturated carbocycles. The molecule has 0 bridgehead atoms. The quantitative estimate of drug-likeness (QED) is 0.920. The average Bonchev–Trinajstić information content (AvgIpc) is 2.29. The van der Waals surface area contributed by atoms with Gasteiger partial charge in [0, 0.05) is 10.9 Å². The maximum absolute atomic E-state index is 12.1. The third-order valence-electron chi connectivity index (χ3n) is 2.54. The van der Waals surface area contributed by atoms with Crippen molar-refractivity contribution in [1.82, 2.24) is 0 Å². The Morgan fingerprint density at radius 2 is 2.00 bits per heavy atom.